The van der Waals surface area contributed by atoms with Gasteiger partial charge in [-0.2, -0.15) is 5.10 Å². The Kier molecular flexibility index (Phi) is 6.33. The van der Waals surface area contributed by atoms with Gasteiger partial charge in [0, 0.05) is 11.9 Å². The molecule has 0 bridgehead atoms. The second-order valence-electron chi connectivity index (χ2n) is 6.48. The van der Waals surface area contributed by atoms with Crippen LogP contribution in [0.15, 0.2) is 59.5 Å². The monoisotopic (exact) mass is 397 g/mol. The molecule has 0 aliphatic carbocycles. The van der Waals surface area contributed by atoms with Gasteiger partial charge in [-0.05, 0) is 36.8 Å². The zero-order valence-electron chi connectivity index (χ0n) is 15.8. The Labute approximate surface area is 166 Å². The van der Waals surface area contributed by atoms with Crippen molar-refractivity contribution in [2.75, 3.05) is 0 Å². The molecule has 8 heteroatoms. The molecule has 0 aliphatic rings. The molecule has 1 N–H and O–H groups in total. The summed E-state index contributed by atoms with van der Waals surface area (Å²) in [5, 5.41) is 7.21. The molecular formula is C21H20FN3O4. The lowest BCUT2D eigenvalue weighted by molar-refractivity contribution is -0.155. The van der Waals surface area contributed by atoms with Crippen LogP contribution in [0, 0.1) is 5.82 Å². The largest absolute Gasteiger partial charge is 0.452 e. The number of hydrogen-bond acceptors (Lipinski definition) is 5. The van der Waals surface area contributed by atoms with Crippen molar-refractivity contribution in [1.29, 1.82) is 0 Å². The third-order valence-electron chi connectivity index (χ3n) is 4.35. The lowest BCUT2D eigenvalue weighted by atomic mass is 10.2. The van der Waals surface area contributed by atoms with Crippen LogP contribution in [0.4, 0.5) is 4.39 Å². The van der Waals surface area contributed by atoms with Crippen molar-refractivity contribution in [3.05, 3.63) is 76.3 Å². The number of rotatable bonds is 7. The molecular weight excluding hydrogens is 377 g/mol. The van der Waals surface area contributed by atoms with Crippen LogP contribution in [0.1, 0.15) is 18.9 Å². The topological polar surface area (TPSA) is 90.3 Å². The number of aryl methyl sites for hydroxylation is 1. The maximum absolute atomic E-state index is 12.9. The van der Waals surface area contributed by atoms with E-state index in [4.69, 9.17) is 4.74 Å². The van der Waals surface area contributed by atoms with Crippen molar-refractivity contribution in [2.24, 2.45) is 0 Å². The number of carbonyl (C=O) groups excluding carboxylic acids is 2. The van der Waals surface area contributed by atoms with Crippen molar-refractivity contribution in [2.45, 2.75) is 32.5 Å². The van der Waals surface area contributed by atoms with Crippen LogP contribution < -0.4 is 10.7 Å². The molecule has 0 unspecified atom stereocenters. The number of ether oxygens (including phenoxy) is 1. The lowest BCUT2D eigenvalue weighted by Crippen LogP contribution is -2.35. The van der Waals surface area contributed by atoms with E-state index in [9.17, 15) is 18.8 Å². The van der Waals surface area contributed by atoms with E-state index in [0.717, 1.165) is 5.56 Å². The first kappa shape index (κ1) is 20.2. The maximum Gasteiger partial charge on any atom is 0.308 e. The average molecular weight is 397 g/mol. The third kappa shape index (κ3) is 5.25. The van der Waals surface area contributed by atoms with Gasteiger partial charge in [0.05, 0.1) is 24.7 Å². The van der Waals surface area contributed by atoms with Crippen LogP contribution >= 0.6 is 0 Å². The zero-order chi connectivity index (χ0) is 20.8. The van der Waals surface area contributed by atoms with Gasteiger partial charge < -0.3 is 10.1 Å². The predicted octanol–water partition coefficient (Wildman–Crippen LogP) is 2.17. The van der Waals surface area contributed by atoms with E-state index >= 15 is 0 Å². The Hall–Kier alpha value is -3.55. The zero-order valence-corrected chi connectivity index (χ0v) is 15.8. The summed E-state index contributed by atoms with van der Waals surface area (Å²) < 4.78 is 19.6. The van der Waals surface area contributed by atoms with Crippen LogP contribution in [0.25, 0.3) is 10.9 Å². The highest BCUT2D eigenvalue weighted by atomic mass is 19.1. The number of fused-ring (bicyclic) bond motifs is 1. The number of benzene rings is 2. The quantitative estimate of drug-likeness (QED) is 0.617. The van der Waals surface area contributed by atoms with Crippen molar-refractivity contribution >= 4 is 22.8 Å². The average Bonchev–Trinajstić information content (AvgIpc) is 2.73. The van der Waals surface area contributed by atoms with Crippen LogP contribution in [-0.4, -0.2) is 27.8 Å². The smallest absolute Gasteiger partial charge is 0.308 e. The summed E-state index contributed by atoms with van der Waals surface area (Å²) in [5.74, 6) is -1.36. The Morgan fingerprint density at radius 3 is 2.66 bits per heavy atom. The Morgan fingerprint density at radius 1 is 1.17 bits per heavy atom. The number of aromatic nitrogens is 2. The number of amides is 1. The minimum absolute atomic E-state index is 0.00452. The van der Waals surface area contributed by atoms with Crippen LogP contribution in [0.5, 0.6) is 0 Å². The number of nitrogens with zero attached hydrogens (tertiary/aromatic N) is 2. The SMILES string of the molecule is C[C@H](OC(=O)CCn1ncc(=O)c2ccccc21)C(=O)NCc1ccc(F)cc1. The highest BCUT2D eigenvalue weighted by molar-refractivity contribution is 5.83. The van der Waals surface area contributed by atoms with Crippen molar-refractivity contribution in [1.82, 2.24) is 15.1 Å². The molecule has 0 saturated heterocycles. The summed E-state index contributed by atoms with van der Waals surface area (Å²) in [7, 11) is 0. The molecule has 1 aromatic heterocycles. The molecule has 3 rings (SSSR count). The minimum Gasteiger partial charge on any atom is -0.452 e. The van der Waals surface area contributed by atoms with Gasteiger partial charge in [0.25, 0.3) is 5.91 Å². The molecule has 1 heterocycles. The molecule has 0 fully saturated rings. The molecule has 2 aromatic carbocycles. The van der Waals surface area contributed by atoms with Crippen LogP contribution in [0.2, 0.25) is 0 Å². The van der Waals surface area contributed by atoms with Gasteiger partial charge >= 0.3 is 5.97 Å². The van der Waals surface area contributed by atoms with Gasteiger partial charge in [0.15, 0.2) is 6.10 Å². The molecule has 3 aromatic rings. The fraction of sp³-hybridized carbons (Fsp3) is 0.238. The first-order valence-electron chi connectivity index (χ1n) is 9.10. The van der Waals surface area contributed by atoms with Gasteiger partial charge in [-0.1, -0.05) is 24.3 Å². The number of nitrogens with one attached hydrogen (secondary N) is 1. The second-order valence-corrected chi connectivity index (χ2v) is 6.48. The van der Waals surface area contributed by atoms with Crippen molar-refractivity contribution < 1.29 is 18.7 Å². The summed E-state index contributed by atoms with van der Waals surface area (Å²) in [4.78, 5) is 36.0. The van der Waals surface area contributed by atoms with E-state index in [1.165, 1.54) is 25.3 Å². The molecule has 7 nitrogen and oxygen atoms in total. The minimum atomic E-state index is -0.971. The molecule has 0 spiro atoms. The standard InChI is InChI=1S/C21H20FN3O4/c1-14(21(28)23-12-15-6-8-16(22)9-7-15)29-20(27)10-11-25-18-5-3-2-4-17(18)19(26)13-24-25/h2-9,13-14H,10-12H2,1H3,(H,23,28)/t14-/m0/s1. The first-order chi connectivity index (χ1) is 13.9. The van der Waals surface area contributed by atoms with Gasteiger partial charge in [0.1, 0.15) is 5.82 Å². The van der Waals surface area contributed by atoms with E-state index in [0.29, 0.717) is 10.9 Å². The molecule has 29 heavy (non-hydrogen) atoms. The van der Waals surface area contributed by atoms with Crippen molar-refractivity contribution in [3.8, 4) is 0 Å². The van der Waals surface area contributed by atoms with Crippen molar-refractivity contribution in [3.63, 3.8) is 0 Å². The molecule has 0 saturated carbocycles. The number of carbonyl (C=O) groups is 2. The van der Waals surface area contributed by atoms with Gasteiger partial charge in [-0.25, -0.2) is 4.39 Å². The molecule has 0 radical (unpaired) electrons. The summed E-state index contributed by atoms with van der Waals surface area (Å²) in [6.45, 7) is 1.89. The molecule has 0 aliphatic heterocycles. The summed E-state index contributed by atoms with van der Waals surface area (Å²) >= 11 is 0. The third-order valence-corrected chi connectivity index (χ3v) is 4.35. The Balaban J connectivity index is 1.51. The molecule has 1 amide bonds. The van der Waals surface area contributed by atoms with Gasteiger partial charge in [-0.3, -0.25) is 19.1 Å². The fourth-order valence-corrected chi connectivity index (χ4v) is 2.78. The van der Waals surface area contributed by atoms with E-state index in [2.05, 4.69) is 10.4 Å². The van der Waals surface area contributed by atoms with Gasteiger partial charge in [0.2, 0.25) is 5.43 Å². The van der Waals surface area contributed by atoms with E-state index in [1.54, 1.807) is 41.1 Å². The summed E-state index contributed by atoms with van der Waals surface area (Å²) in [6.07, 6.45) is 0.232. The molecule has 1 atom stereocenters. The predicted molar refractivity (Wildman–Crippen MR) is 104 cm³/mol. The highest BCUT2D eigenvalue weighted by Crippen LogP contribution is 2.09. The number of esters is 1. The van der Waals surface area contributed by atoms with E-state index in [1.807, 2.05) is 0 Å². The summed E-state index contributed by atoms with van der Waals surface area (Å²) in [5.41, 5.74) is 1.17. The Morgan fingerprint density at radius 2 is 1.90 bits per heavy atom. The van der Waals surface area contributed by atoms with Crippen LogP contribution in [0.3, 0.4) is 0 Å². The van der Waals surface area contributed by atoms with Gasteiger partial charge in [-0.15, -0.1) is 0 Å². The number of halogens is 1. The highest BCUT2D eigenvalue weighted by Gasteiger charge is 2.17. The maximum atomic E-state index is 12.9. The summed E-state index contributed by atoms with van der Waals surface area (Å²) in [6, 6.07) is 12.7. The lowest BCUT2D eigenvalue weighted by Gasteiger charge is -2.14. The normalized spacial score (nSPS) is 11.8. The van der Waals surface area contributed by atoms with E-state index < -0.39 is 18.0 Å². The number of hydrogen-bond donors (Lipinski definition) is 1. The molecule has 150 valence electrons. The number of para-hydroxylation sites is 1. The Bertz CT molecular complexity index is 1080. The van der Waals surface area contributed by atoms with E-state index in [-0.39, 0.29) is 30.8 Å². The first-order valence-corrected chi connectivity index (χ1v) is 9.10. The second kappa shape index (κ2) is 9.09. The fourth-order valence-electron chi connectivity index (χ4n) is 2.78. The van der Waals surface area contributed by atoms with Crippen LogP contribution in [-0.2, 0) is 27.4 Å².